The van der Waals surface area contributed by atoms with Gasteiger partial charge in [0.15, 0.2) is 5.78 Å². The summed E-state index contributed by atoms with van der Waals surface area (Å²) < 4.78 is 0. The quantitative estimate of drug-likeness (QED) is 0.555. The minimum atomic E-state index is -0.235. The largest absolute Gasteiger partial charge is 0.344 e. The number of benzene rings is 1. The van der Waals surface area contributed by atoms with Crippen LogP contribution < -0.4 is 5.32 Å². The number of rotatable bonds is 7. The standard InChI is InChI=1S/C19H16ClNO2S2/c20-14-7-5-13(6-8-14)19(17-4-2-12-25-17)21-18(23)10-9-15(22)16-3-1-11-24-16/h1-8,11-12,19H,9-10H2,(H,21,23). The summed E-state index contributed by atoms with van der Waals surface area (Å²) >= 11 is 8.94. The van der Waals surface area contributed by atoms with Crippen LogP contribution in [0.25, 0.3) is 0 Å². The zero-order chi connectivity index (χ0) is 17.6. The molecule has 0 bridgehead atoms. The van der Waals surface area contributed by atoms with Gasteiger partial charge in [-0.15, -0.1) is 22.7 Å². The van der Waals surface area contributed by atoms with Gasteiger partial charge in [-0.25, -0.2) is 0 Å². The molecule has 2 heterocycles. The highest BCUT2D eigenvalue weighted by Gasteiger charge is 2.19. The second-order valence-electron chi connectivity index (χ2n) is 5.47. The molecule has 0 saturated carbocycles. The van der Waals surface area contributed by atoms with E-state index in [4.69, 9.17) is 11.6 Å². The average molecular weight is 390 g/mol. The molecule has 0 spiro atoms. The highest BCUT2D eigenvalue weighted by Crippen LogP contribution is 2.27. The van der Waals surface area contributed by atoms with E-state index in [1.807, 2.05) is 53.2 Å². The molecule has 1 atom stereocenters. The van der Waals surface area contributed by atoms with E-state index >= 15 is 0 Å². The SMILES string of the molecule is O=C(CCC(=O)c1cccs1)NC(c1ccc(Cl)cc1)c1cccs1. The van der Waals surface area contributed by atoms with E-state index in [9.17, 15) is 9.59 Å². The number of carbonyl (C=O) groups is 2. The Kier molecular flexibility index (Phi) is 6.02. The molecule has 25 heavy (non-hydrogen) atoms. The van der Waals surface area contributed by atoms with Gasteiger partial charge in [0.05, 0.1) is 10.9 Å². The van der Waals surface area contributed by atoms with Gasteiger partial charge >= 0.3 is 0 Å². The molecule has 1 unspecified atom stereocenters. The Labute approximate surface area is 159 Å². The predicted molar refractivity (Wildman–Crippen MR) is 104 cm³/mol. The maximum Gasteiger partial charge on any atom is 0.221 e. The number of amides is 1. The fraction of sp³-hybridized carbons (Fsp3) is 0.158. The van der Waals surface area contributed by atoms with Crippen LogP contribution in [0.5, 0.6) is 0 Å². The van der Waals surface area contributed by atoms with Gasteiger partial charge in [-0.2, -0.15) is 0 Å². The molecule has 1 amide bonds. The van der Waals surface area contributed by atoms with Gasteiger partial charge in [0.2, 0.25) is 5.91 Å². The molecule has 0 radical (unpaired) electrons. The fourth-order valence-corrected chi connectivity index (χ4v) is 4.07. The zero-order valence-corrected chi connectivity index (χ0v) is 15.7. The summed E-state index contributed by atoms with van der Waals surface area (Å²) in [5.41, 5.74) is 0.963. The van der Waals surface area contributed by atoms with Crippen molar-refractivity contribution in [2.75, 3.05) is 0 Å². The number of Topliss-reactive ketones (excluding diaryl/α,β-unsaturated/α-hetero) is 1. The van der Waals surface area contributed by atoms with E-state index in [0.717, 1.165) is 10.4 Å². The van der Waals surface area contributed by atoms with Crippen molar-refractivity contribution in [1.29, 1.82) is 0 Å². The summed E-state index contributed by atoms with van der Waals surface area (Å²) in [4.78, 5) is 26.2. The molecule has 6 heteroatoms. The van der Waals surface area contributed by atoms with Crippen LogP contribution in [-0.2, 0) is 4.79 Å². The van der Waals surface area contributed by atoms with Crippen molar-refractivity contribution in [2.24, 2.45) is 0 Å². The Balaban J connectivity index is 1.67. The molecule has 1 N–H and O–H groups in total. The van der Waals surface area contributed by atoms with Crippen molar-refractivity contribution in [1.82, 2.24) is 5.32 Å². The fourth-order valence-electron chi connectivity index (χ4n) is 2.45. The molecule has 2 aromatic heterocycles. The number of hydrogen-bond acceptors (Lipinski definition) is 4. The number of carbonyl (C=O) groups excluding carboxylic acids is 2. The summed E-state index contributed by atoms with van der Waals surface area (Å²) in [5, 5.41) is 7.53. The number of thiophene rings is 2. The van der Waals surface area contributed by atoms with Crippen molar-refractivity contribution >= 4 is 46.0 Å². The number of halogens is 1. The topological polar surface area (TPSA) is 46.2 Å². The van der Waals surface area contributed by atoms with Crippen LogP contribution in [0.15, 0.2) is 59.3 Å². The molecule has 0 aliphatic rings. The van der Waals surface area contributed by atoms with Crippen LogP contribution >= 0.6 is 34.3 Å². The summed E-state index contributed by atoms with van der Waals surface area (Å²) in [6, 6.07) is 14.8. The molecule has 3 rings (SSSR count). The van der Waals surface area contributed by atoms with Crippen molar-refractivity contribution in [2.45, 2.75) is 18.9 Å². The Morgan fingerprint density at radius 2 is 1.68 bits per heavy atom. The molecule has 128 valence electrons. The van der Waals surface area contributed by atoms with E-state index in [0.29, 0.717) is 9.90 Å². The predicted octanol–water partition coefficient (Wildman–Crippen LogP) is 5.33. The van der Waals surface area contributed by atoms with Crippen molar-refractivity contribution in [3.8, 4) is 0 Å². The lowest BCUT2D eigenvalue weighted by molar-refractivity contribution is -0.121. The summed E-state index contributed by atoms with van der Waals surface area (Å²) in [7, 11) is 0. The first-order chi connectivity index (χ1) is 12.1. The third kappa shape index (κ3) is 4.78. The van der Waals surface area contributed by atoms with Gasteiger partial charge in [0.25, 0.3) is 0 Å². The Hall–Kier alpha value is -1.95. The summed E-state index contributed by atoms with van der Waals surface area (Å²) in [6.45, 7) is 0. The van der Waals surface area contributed by atoms with Crippen molar-refractivity contribution in [3.05, 3.63) is 79.6 Å². The first kappa shape index (κ1) is 17.9. The molecule has 3 aromatic rings. The van der Waals surface area contributed by atoms with E-state index in [-0.39, 0.29) is 30.6 Å². The first-order valence-electron chi connectivity index (χ1n) is 7.78. The first-order valence-corrected chi connectivity index (χ1v) is 9.92. The molecule has 0 saturated heterocycles. The van der Waals surface area contributed by atoms with E-state index in [1.54, 1.807) is 17.4 Å². The highest BCUT2D eigenvalue weighted by atomic mass is 35.5. The monoisotopic (exact) mass is 389 g/mol. The van der Waals surface area contributed by atoms with E-state index in [2.05, 4.69) is 5.32 Å². The lowest BCUT2D eigenvalue weighted by atomic mass is 10.0. The second kappa shape index (κ2) is 8.43. The number of hydrogen-bond donors (Lipinski definition) is 1. The number of ketones is 1. The minimum Gasteiger partial charge on any atom is -0.344 e. The molecule has 0 aliphatic carbocycles. The number of nitrogens with one attached hydrogen (secondary N) is 1. The van der Waals surface area contributed by atoms with Crippen LogP contribution in [0.1, 0.15) is 39.0 Å². The van der Waals surface area contributed by atoms with Crippen molar-refractivity contribution < 1.29 is 9.59 Å². The van der Waals surface area contributed by atoms with Gasteiger partial charge in [0, 0.05) is 22.7 Å². The Bertz CT molecular complexity index is 827. The van der Waals surface area contributed by atoms with Gasteiger partial charge in [-0.3, -0.25) is 9.59 Å². The third-order valence-electron chi connectivity index (χ3n) is 3.71. The van der Waals surface area contributed by atoms with Gasteiger partial charge in [-0.1, -0.05) is 35.9 Å². The van der Waals surface area contributed by atoms with Crippen LogP contribution in [-0.4, -0.2) is 11.7 Å². The van der Waals surface area contributed by atoms with Gasteiger partial charge < -0.3 is 5.32 Å². The lowest BCUT2D eigenvalue weighted by Gasteiger charge is -2.18. The second-order valence-corrected chi connectivity index (χ2v) is 7.83. The lowest BCUT2D eigenvalue weighted by Crippen LogP contribution is -2.29. The van der Waals surface area contributed by atoms with Crippen LogP contribution in [0.3, 0.4) is 0 Å². The smallest absolute Gasteiger partial charge is 0.221 e. The normalized spacial score (nSPS) is 11.9. The van der Waals surface area contributed by atoms with Crippen LogP contribution in [0, 0.1) is 0 Å². The summed E-state index contributed by atoms with van der Waals surface area (Å²) in [5.74, 6) is -0.137. The zero-order valence-electron chi connectivity index (χ0n) is 13.3. The van der Waals surface area contributed by atoms with Crippen LogP contribution in [0.4, 0.5) is 0 Å². The molecule has 1 aromatic carbocycles. The molecular formula is C19H16ClNO2S2. The highest BCUT2D eigenvalue weighted by molar-refractivity contribution is 7.12. The molecule has 0 aliphatic heterocycles. The van der Waals surface area contributed by atoms with Crippen molar-refractivity contribution in [3.63, 3.8) is 0 Å². The van der Waals surface area contributed by atoms with Crippen LogP contribution in [0.2, 0.25) is 5.02 Å². The Morgan fingerprint density at radius 1 is 0.960 bits per heavy atom. The molecule has 3 nitrogen and oxygen atoms in total. The minimum absolute atomic E-state index is 0.00400. The molecule has 0 fully saturated rings. The van der Waals surface area contributed by atoms with Gasteiger partial charge in [0.1, 0.15) is 0 Å². The Morgan fingerprint density at radius 3 is 2.32 bits per heavy atom. The maximum absolute atomic E-state index is 12.4. The third-order valence-corrected chi connectivity index (χ3v) is 5.81. The summed E-state index contributed by atoms with van der Waals surface area (Å²) in [6.07, 6.45) is 0.385. The maximum atomic E-state index is 12.4. The average Bonchev–Trinajstić information content (AvgIpc) is 3.31. The van der Waals surface area contributed by atoms with E-state index in [1.165, 1.54) is 11.3 Å². The van der Waals surface area contributed by atoms with Gasteiger partial charge in [-0.05, 0) is 40.6 Å². The molecular weight excluding hydrogens is 374 g/mol. The van der Waals surface area contributed by atoms with E-state index < -0.39 is 0 Å².